The zero-order chi connectivity index (χ0) is 27.4. The smallest absolute Gasteiger partial charge is 0.335 e. The van der Waals surface area contributed by atoms with Crippen molar-refractivity contribution in [2.24, 2.45) is 0 Å². The monoisotopic (exact) mass is 514 g/mol. The molecule has 0 unspecified atom stereocenters. The molecule has 0 atom stereocenters. The van der Waals surface area contributed by atoms with Gasteiger partial charge in [-0.15, -0.1) is 0 Å². The first-order valence-corrected chi connectivity index (χ1v) is 11.4. The van der Waals surface area contributed by atoms with Crippen LogP contribution in [0, 0.1) is 24.0 Å². The minimum absolute atomic E-state index is 0.0629. The zero-order valence-corrected chi connectivity index (χ0v) is 20.4. The van der Waals surface area contributed by atoms with E-state index < -0.39 is 22.8 Å². The highest BCUT2D eigenvalue weighted by Crippen LogP contribution is 2.26. The molecular formula is C27H22N4O7. The summed E-state index contributed by atoms with van der Waals surface area (Å²) in [7, 11) is 0. The van der Waals surface area contributed by atoms with Crippen LogP contribution in [0.2, 0.25) is 0 Å². The number of carbonyl (C=O) groups excluding carboxylic acids is 4. The Morgan fingerprint density at radius 2 is 1.82 bits per heavy atom. The number of non-ortho nitro benzene ring substituents is 1. The lowest BCUT2D eigenvalue weighted by Gasteiger charge is -2.26. The summed E-state index contributed by atoms with van der Waals surface area (Å²) in [5.41, 5.74) is 2.24. The van der Waals surface area contributed by atoms with E-state index in [1.54, 1.807) is 18.2 Å². The van der Waals surface area contributed by atoms with Gasteiger partial charge in [-0.25, -0.2) is 9.69 Å². The van der Waals surface area contributed by atoms with Gasteiger partial charge in [0.1, 0.15) is 11.3 Å². The SMILES string of the molecule is Cc1ccc(C)c(NC(=O)COc2cccc(/C=C3/C(=O)NC(=O)N(c4cccc([N+](=O)[O-])c4)C3=O)c2)c1. The lowest BCUT2D eigenvalue weighted by molar-refractivity contribution is -0.384. The second-order valence-electron chi connectivity index (χ2n) is 8.46. The van der Waals surface area contributed by atoms with Crippen LogP contribution >= 0.6 is 0 Å². The Morgan fingerprint density at radius 3 is 2.58 bits per heavy atom. The van der Waals surface area contributed by atoms with E-state index in [4.69, 9.17) is 4.74 Å². The minimum Gasteiger partial charge on any atom is -0.484 e. The van der Waals surface area contributed by atoms with Gasteiger partial charge >= 0.3 is 6.03 Å². The van der Waals surface area contributed by atoms with E-state index in [0.29, 0.717) is 21.9 Å². The lowest BCUT2D eigenvalue weighted by Crippen LogP contribution is -2.54. The quantitative estimate of drug-likeness (QED) is 0.210. The van der Waals surface area contributed by atoms with Gasteiger partial charge in [0, 0.05) is 17.8 Å². The number of nitrogens with zero attached hydrogens (tertiary/aromatic N) is 2. The molecule has 2 N–H and O–H groups in total. The van der Waals surface area contributed by atoms with Crippen molar-refractivity contribution in [2.75, 3.05) is 16.8 Å². The molecule has 3 aromatic rings. The summed E-state index contributed by atoms with van der Waals surface area (Å²) in [5, 5.41) is 16.0. The summed E-state index contributed by atoms with van der Waals surface area (Å²) in [6.07, 6.45) is 1.26. The van der Waals surface area contributed by atoms with Crippen molar-refractivity contribution in [3.63, 3.8) is 0 Å². The van der Waals surface area contributed by atoms with Crippen LogP contribution in [0.5, 0.6) is 5.75 Å². The number of nitro benzene ring substituents is 1. The second-order valence-corrected chi connectivity index (χ2v) is 8.46. The van der Waals surface area contributed by atoms with Gasteiger partial charge in [-0.1, -0.05) is 30.3 Å². The number of rotatable bonds is 7. The maximum atomic E-state index is 13.1. The number of hydrogen-bond donors (Lipinski definition) is 2. The Balaban J connectivity index is 1.51. The largest absolute Gasteiger partial charge is 0.484 e. The Bertz CT molecular complexity index is 1510. The van der Waals surface area contributed by atoms with Crippen LogP contribution in [0.15, 0.2) is 72.3 Å². The number of carbonyl (C=O) groups is 4. The van der Waals surface area contributed by atoms with Gasteiger partial charge in [-0.3, -0.25) is 29.8 Å². The maximum absolute atomic E-state index is 13.1. The van der Waals surface area contributed by atoms with Crippen LogP contribution in [0.3, 0.4) is 0 Å². The molecule has 4 rings (SSSR count). The Hall–Kier alpha value is -5.32. The summed E-state index contributed by atoms with van der Waals surface area (Å²) in [4.78, 5) is 61.4. The molecule has 0 spiro atoms. The molecule has 3 aromatic carbocycles. The van der Waals surface area contributed by atoms with Crippen molar-refractivity contribution < 1.29 is 28.8 Å². The molecule has 0 saturated carbocycles. The number of amides is 5. The van der Waals surface area contributed by atoms with Crippen LogP contribution in [-0.2, 0) is 14.4 Å². The molecule has 1 saturated heterocycles. The maximum Gasteiger partial charge on any atom is 0.335 e. The summed E-state index contributed by atoms with van der Waals surface area (Å²) in [5.74, 6) is -1.92. The number of imide groups is 2. The standard InChI is InChI=1S/C27H22N4O7/c1-16-9-10-17(2)23(11-16)28-24(32)15-38-21-8-3-5-18(12-21)13-22-25(33)29-27(35)30(26(22)34)19-6-4-7-20(14-19)31(36)37/h3-14H,15H2,1-2H3,(H,28,32)(H,29,33,35)/b22-13-. The van der Waals surface area contributed by atoms with Crippen LogP contribution in [0.4, 0.5) is 21.9 Å². The molecule has 0 bridgehead atoms. The first kappa shape index (κ1) is 25.8. The van der Waals surface area contributed by atoms with Gasteiger partial charge in [-0.05, 0) is 60.9 Å². The molecule has 192 valence electrons. The Labute approximate surface area is 216 Å². The molecule has 11 heteroatoms. The van der Waals surface area contributed by atoms with E-state index in [2.05, 4.69) is 10.6 Å². The minimum atomic E-state index is -1.02. The summed E-state index contributed by atoms with van der Waals surface area (Å²) >= 11 is 0. The van der Waals surface area contributed by atoms with Gasteiger partial charge in [0.2, 0.25) is 0 Å². The molecule has 38 heavy (non-hydrogen) atoms. The topological polar surface area (TPSA) is 148 Å². The van der Waals surface area contributed by atoms with Gasteiger partial charge in [0.05, 0.1) is 10.6 Å². The molecule has 1 fully saturated rings. The lowest BCUT2D eigenvalue weighted by atomic mass is 10.1. The molecule has 0 radical (unpaired) electrons. The molecule has 5 amide bonds. The van der Waals surface area contributed by atoms with Gasteiger partial charge in [0.25, 0.3) is 23.4 Å². The fourth-order valence-electron chi connectivity index (χ4n) is 3.70. The third-order valence-corrected chi connectivity index (χ3v) is 5.61. The summed E-state index contributed by atoms with van der Waals surface area (Å²) in [6.45, 7) is 3.52. The van der Waals surface area contributed by atoms with Crippen molar-refractivity contribution in [3.8, 4) is 5.75 Å². The molecule has 1 aliphatic rings. The predicted molar refractivity (Wildman–Crippen MR) is 139 cm³/mol. The van der Waals surface area contributed by atoms with Crippen LogP contribution in [-0.4, -0.2) is 35.3 Å². The van der Waals surface area contributed by atoms with Crippen molar-refractivity contribution >= 4 is 46.9 Å². The van der Waals surface area contributed by atoms with Gasteiger partial charge in [0.15, 0.2) is 6.61 Å². The highest BCUT2D eigenvalue weighted by atomic mass is 16.6. The van der Waals surface area contributed by atoms with E-state index in [1.807, 2.05) is 32.0 Å². The highest BCUT2D eigenvalue weighted by Gasteiger charge is 2.37. The average molecular weight is 514 g/mol. The molecule has 0 aromatic heterocycles. The number of anilines is 2. The number of aryl methyl sites for hydroxylation is 2. The number of hydrogen-bond acceptors (Lipinski definition) is 7. The molecule has 11 nitrogen and oxygen atoms in total. The highest BCUT2D eigenvalue weighted by molar-refractivity contribution is 6.39. The number of barbiturate groups is 1. The molecule has 0 aliphatic carbocycles. The molecular weight excluding hydrogens is 492 g/mol. The molecule has 1 heterocycles. The van der Waals surface area contributed by atoms with Crippen molar-refractivity contribution in [1.82, 2.24) is 5.32 Å². The third kappa shape index (κ3) is 5.73. The number of nitro groups is 1. The number of ether oxygens (including phenoxy) is 1. The van der Waals surface area contributed by atoms with E-state index in [9.17, 15) is 29.3 Å². The first-order chi connectivity index (χ1) is 18.1. The van der Waals surface area contributed by atoms with Crippen LogP contribution in [0.25, 0.3) is 6.08 Å². The van der Waals surface area contributed by atoms with E-state index in [0.717, 1.165) is 17.2 Å². The van der Waals surface area contributed by atoms with Crippen LogP contribution in [0.1, 0.15) is 16.7 Å². The summed E-state index contributed by atoms with van der Waals surface area (Å²) < 4.78 is 5.58. The molecule has 1 aliphatic heterocycles. The Morgan fingerprint density at radius 1 is 1.05 bits per heavy atom. The van der Waals surface area contributed by atoms with Gasteiger partial charge < -0.3 is 10.1 Å². The number of nitrogens with one attached hydrogen (secondary N) is 2. The zero-order valence-electron chi connectivity index (χ0n) is 20.4. The number of benzene rings is 3. The van der Waals surface area contributed by atoms with E-state index in [-0.39, 0.29) is 29.5 Å². The van der Waals surface area contributed by atoms with Gasteiger partial charge in [-0.2, -0.15) is 0 Å². The fourth-order valence-corrected chi connectivity index (χ4v) is 3.70. The van der Waals surface area contributed by atoms with Crippen molar-refractivity contribution in [1.29, 1.82) is 0 Å². The van der Waals surface area contributed by atoms with Crippen molar-refractivity contribution in [2.45, 2.75) is 13.8 Å². The summed E-state index contributed by atoms with van der Waals surface area (Å²) in [6, 6.07) is 16.0. The van der Waals surface area contributed by atoms with Crippen molar-refractivity contribution in [3.05, 3.63) is 99.1 Å². The van der Waals surface area contributed by atoms with E-state index in [1.165, 1.54) is 30.3 Å². The van der Waals surface area contributed by atoms with Crippen LogP contribution < -0.4 is 20.3 Å². The second kappa shape index (κ2) is 10.7. The fraction of sp³-hybridized carbons (Fsp3) is 0.111. The number of urea groups is 1. The van der Waals surface area contributed by atoms with E-state index >= 15 is 0 Å². The third-order valence-electron chi connectivity index (χ3n) is 5.61. The first-order valence-electron chi connectivity index (χ1n) is 11.4. The average Bonchev–Trinajstić information content (AvgIpc) is 2.88. The predicted octanol–water partition coefficient (Wildman–Crippen LogP) is 3.90. The normalized spacial score (nSPS) is 14.3. The Kier molecular flexibility index (Phi) is 7.28.